The molecule has 94 valence electrons. The Morgan fingerprint density at radius 1 is 1.71 bits per heavy atom. The van der Waals surface area contributed by atoms with Crippen molar-refractivity contribution in [2.45, 2.75) is 32.0 Å². The molecule has 3 N–H and O–H groups in total. The molecular weight excluding hydrogens is 218 g/mol. The van der Waals surface area contributed by atoms with E-state index >= 15 is 0 Å². The predicted octanol–water partition coefficient (Wildman–Crippen LogP) is 0.0602. The Kier molecular flexibility index (Phi) is 4.94. The van der Waals surface area contributed by atoms with Crippen LogP contribution in [-0.2, 0) is 6.54 Å². The van der Waals surface area contributed by atoms with E-state index < -0.39 is 6.10 Å². The van der Waals surface area contributed by atoms with E-state index in [1.807, 2.05) is 18.9 Å². The molecule has 0 aliphatic heterocycles. The molecule has 0 radical (unpaired) electrons. The number of nitriles is 1. The molecule has 0 fully saturated rings. The second-order valence-electron chi connectivity index (χ2n) is 4.30. The van der Waals surface area contributed by atoms with Crippen molar-refractivity contribution in [1.82, 2.24) is 14.7 Å². The minimum absolute atomic E-state index is 0.136. The van der Waals surface area contributed by atoms with Gasteiger partial charge in [0.25, 0.3) is 0 Å². The number of likely N-dealkylation sites (N-methyl/N-ethyl adjacent to an activating group) is 1. The van der Waals surface area contributed by atoms with Crippen LogP contribution in [0.3, 0.4) is 0 Å². The normalized spacial score (nSPS) is 14.5. The summed E-state index contributed by atoms with van der Waals surface area (Å²) in [6.45, 7) is 2.87. The number of aromatic nitrogens is 2. The highest BCUT2D eigenvalue weighted by atomic mass is 16.3. The number of aliphatic hydroxyl groups excluding tert-OH is 1. The fraction of sp³-hybridized carbons (Fsp3) is 0.636. The molecule has 2 atom stereocenters. The van der Waals surface area contributed by atoms with Crippen LogP contribution >= 0.6 is 0 Å². The molecule has 1 aromatic heterocycles. The number of anilines is 1. The third kappa shape index (κ3) is 4.43. The van der Waals surface area contributed by atoms with Gasteiger partial charge in [-0.3, -0.25) is 4.68 Å². The smallest absolute Gasteiger partial charge is 0.0862 e. The summed E-state index contributed by atoms with van der Waals surface area (Å²) in [5.41, 5.74) is 6.12. The van der Waals surface area contributed by atoms with Gasteiger partial charge in [-0.05, 0) is 14.0 Å². The molecule has 6 nitrogen and oxygen atoms in total. The molecule has 17 heavy (non-hydrogen) atoms. The van der Waals surface area contributed by atoms with E-state index in [2.05, 4.69) is 11.2 Å². The van der Waals surface area contributed by atoms with Crippen LogP contribution in [0.1, 0.15) is 13.3 Å². The van der Waals surface area contributed by atoms with Gasteiger partial charge < -0.3 is 15.7 Å². The van der Waals surface area contributed by atoms with E-state index in [4.69, 9.17) is 11.0 Å². The van der Waals surface area contributed by atoms with Gasteiger partial charge in [0.1, 0.15) is 0 Å². The molecule has 6 heteroatoms. The average Bonchev–Trinajstić information content (AvgIpc) is 2.64. The predicted molar refractivity (Wildman–Crippen MR) is 65.0 cm³/mol. The zero-order valence-corrected chi connectivity index (χ0v) is 10.2. The third-order valence-electron chi connectivity index (χ3n) is 2.69. The van der Waals surface area contributed by atoms with Gasteiger partial charge in [-0.15, -0.1) is 0 Å². The van der Waals surface area contributed by atoms with Gasteiger partial charge in [-0.2, -0.15) is 10.4 Å². The first-order valence-corrected chi connectivity index (χ1v) is 5.56. The number of rotatable bonds is 6. The van der Waals surface area contributed by atoms with Gasteiger partial charge in [0.15, 0.2) is 0 Å². The van der Waals surface area contributed by atoms with Crippen molar-refractivity contribution in [3.63, 3.8) is 0 Å². The highest BCUT2D eigenvalue weighted by Crippen LogP contribution is 2.04. The first-order chi connectivity index (χ1) is 8.02. The van der Waals surface area contributed by atoms with E-state index in [0.717, 1.165) is 0 Å². The van der Waals surface area contributed by atoms with E-state index in [1.165, 1.54) is 0 Å². The molecule has 1 aromatic rings. The molecule has 0 spiro atoms. The first-order valence-electron chi connectivity index (χ1n) is 5.56. The van der Waals surface area contributed by atoms with Crippen molar-refractivity contribution >= 4 is 5.69 Å². The maximum absolute atomic E-state index is 9.87. The van der Waals surface area contributed by atoms with Gasteiger partial charge in [0.2, 0.25) is 0 Å². The minimum Gasteiger partial charge on any atom is -0.396 e. The molecule has 0 bridgehead atoms. The summed E-state index contributed by atoms with van der Waals surface area (Å²) < 4.78 is 1.61. The Hall–Kier alpha value is -1.58. The van der Waals surface area contributed by atoms with Crippen molar-refractivity contribution in [1.29, 1.82) is 5.26 Å². The fourth-order valence-electron chi connectivity index (χ4n) is 1.55. The number of hydrogen-bond acceptors (Lipinski definition) is 5. The standard InChI is InChI=1S/C11H19N5O/c1-9(3-4-12)15(2)7-11(17)8-16-6-10(13)5-14-16/h5-6,9,11,17H,3,7-8,13H2,1-2H3. The molecule has 1 heterocycles. The SMILES string of the molecule is CC(CC#N)N(C)CC(O)Cn1cc(N)cn1. The molecular formula is C11H19N5O. The van der Waals surface area contributed by atoms with Crippen LogP contribution in [0.15, 0.2) is 12.4 Å². The molecule has 0 amide bonds. The summed E-state index contributed by atoms with van der Waals surface area (Å²) in [6, 6.07) is 2.25. The summed E-state index contributed by atoms with van der Waals surface area (Å²) in [7, 11) is 1.89. The average molecular weight is 237 g/mol. The molecule has 0 aliphatic carbocycles. The topological polar surface area (TPSA) is 91.1 Å². The van der Waals surface area contributed by atoms with Crippen LogP contribution in [-0.4, -0.2) is 45.5 Å². The number of nitrogen functional groups attached to an aromatic ring is 1. The van der Waals surface area contributed by atoms with Crippen LogP contribution in [0.2, 0.25) is 0 Å². The Balaban J connectivity index is 2.39. The summed E-state index contributed by atoms with van der Waals surface area (Å²) in [5.74, 6) is 0. The molecule has 0 aromatic carbocycles. The maximum atomic E-state index is 9.87. The Labute approximate surface area is 101 Å². The monoisotopic (exact) mass is 237 g/mol. The maximum Gasteiger partial charge on any atom is 0.0862 e. The number of nitrogens with two attached hydrogens (primary N) is 1. The summed E-state index contributed by atoms with van der Waals surface area (Å²) in [4.78, 5) is 1.96. The van der Waals surface area contributed by atoms with Crippen LogP contribution < -0.4 is 5.73 Å². The van der Waals surface area contributed by atoms with Crippen LogP contribution in [0.4, 0.5) is 5.69 Å². The largest absolute Gasteiger partial charge is 0.396 e. The summed E-state index contributed by atoms with van der Waals surface area (Å²) in [5, 5.41) is 22.5. The zero-order valence-electron chi connectivity index (χ0n) is 10.2. The summed E-state index contributed by atoms with van der Waals surface area (Å²) in [6.07, 6.45) is 3.16. The van der Waals surface area contributed by atoms with Gasteiger partial charge in [0.05, 0.1) is 37.0 Å². The lowest BCUT2D eigenvalue weighted by molar-refractivity contribution is 0.0918. The van der Waals surface area contributed by atoms with Crippen LogP contribution in [0.25, 0.3) is 0 Å². The van der Waals surface area contributed by atoms with Crippen molar-refractivity contribution in [3.05, 3.63) is 12.4 Å². The van der Waals surface area contributed by atoms with E-state index in [0.29, 0.717) is 25.2 Å². The quantitative estimate of drug-likeness (QED) is 0.730. The highest BCUT2D eigenvalue weighted by molar-refractivity contribution is 5.30. The number of nitrogens with zero attached hydrogens (tertiary/aromatic N) is 4. The highest BCUT2D eigenvalue weighted by Gasteiger charge is 2.14. The third-order valence-corrected chi connectivity index (χ3v) is 2.69. The van der Waals surface area contributed by atoms with Crippen LogP contribution in [0.5, 0.6) is 0 Å². The van der Waals surface area contributed by atoms with E-state index in [1.54, 1.807) is 17.1 Å². The van der Waals surface area contributed by atoms with E-state index in [-0.39, 0.29) is 6.04 Å². The lowest BCUT2D eigenvalue weighted by Gasteiger charge is -2.25. The Morgan fingerprint density at radius 3 is 2.94 bits per heavy atom. The van der Waals surface area contributed by atoms with Gasteiger partial charge in [-0.25, -0.2) is 0 Å². The Morgan fingerprint density at radius 2 is 2.41 bits per heavy atom. The summed E-state index contributed by atoms with van der Waals surface area (Å²) >= 11 is 0. The van der Waals surface area contributed by atoms with Crippen LogP contribution in [0, 0.1) is 11.3 Å². The zero-order chi connectivity index (χ0) is 12.8. The van der Waals surface area contributed by atoms with Gasteiger partial charge in [0, 0.05) is 18.8 Å². The number of aliphatic hydroxyl groups is 1. The van der Waals surface area contributed by atoms with Crippen molar-refractivity contribution in [3.8, 4) is 6.07 Å². The van der Waals surface area contributed by atoms with Crippen molar-refractivity contribution in [2.75, 3.05) is 19.3 Å². The molecule has 0 saturated heterocycles. The lowest BCUT2D eigenvalue weighted by Crippen LogP contribution is -2.37. The fourth-order valence-corrected chi connectivity index (χ4v) is 1.55. The molecule has 0 saturated carbocycles. The lowest BCUT2D eigenvalue weighted by atomic mass is 10.2. The molecule has 2 unspecified atom stereocenters. The molecule has 1 rings (SSSR count). The minimum atomic E-state index is -0.527. The number of hydrogen-bond donors (Lipinski definition) is 2. The Bertz CT molecular complexity index is 383. The van der Waals surface area contributed by atoms with E-state index in [9.17, 15) is 5.11 Å². The first kappa shape index (κ1) is 13.5. The second-order valence-corrected chi connectivity index (χ2v) is 4.30. The second kappa shape index (κ2) is 6.23. The van der Waals surface area contributed by atoms with Crippen molar-refractivity contribution < 1.29 is 5.11 Å². The van der Waals surface area contributed by atoms with Crippen molar-refractivity contribution in [2.24, 2.45) is 0 Å². The van der Waals surface area contributed by atoms with Gasteiger partial charge >= 0.3 is 0 Å². The molecule has 0 aliphatic rings. The van der Waals surface area contributed by atoms with Gasteiger partial charge in [-0.1, -0.05) is 0 Å².